The van der Waals surface area contributed by atoms with Crippen molar-refractivity contribution >= 4 is 17.7 Å². The van der Waals surface area contributed by atoms with Crippen LogP contribution in [0.15, 0.2) is 48.7 Å². The van der Waals surface area contributed by atoms with Gasteiger partial charge in [0.05, 0.1) is 17.2 Å². The number of nitro groups is 1. The Kier molecular flexibility index (Phi) is 7.02. The third-order valence-electron chi connectivity index (χ3n) is 3.94. The Morgan fingerprint density at radius 1 is 1.21 bits per heavy atom. The molecule has 0 aliphatic carbocycles. The number of non-ortho nitro benzene ring substituents is 1. The van der Waals surface area contributed by atoms with Crippen LogP contribution in [-0.2, 0) is 11.3 Å². The molecular formula is C19H22N4O5. The average molecular weight is 386 g/mol. The van der Waals surface area contributed by atoms with Crippen molar-refractivity contribution in [1.82, 2.24) is 15.2 Å². The zero-order valence-electron chi connectivity index (χ0n) is 15.9. The monoisotopic (exact) mass is 386 g/mol. The zero-order chi connectivity index (χ0) is 20.7. The number of aromatic nitrogens is 1. The molecule has 9 heteroatoms. The number of rotatable bonds is 7. The first-order valence-corrected chi connectivity index (χ1v) is 8.65. The lowest BCUT2D eigenvalue weighted by atomic mass is 10.1. The highest BCUT2D eigenvalue weighted by atomic mass is 16.6. The molecular weight excluding hydrogens is 364 g/mol. The molecule has 0 aliphatic heterocycles. The van der Waals surface area contributed by atoms with Gasteiger partial charge in [0.1, 0.15) is 11.8 Å². The van der Waals surface area contributed by atoms with Gasteiger partial charge in [-0.15, -0.1) is 0 Å². The number of nitrogens with zero attached hydrogens (tertiary/aromatic N) is 3. The van der Waals surface area contributed by atoms with Crippen molar-refractivity contribution < 1.29 is 19.2 Å². The second-order valence-electron chi connectivity index (χ2n) is 6.52. The largest absolute Gasteiger partial charge is 0.425 e. The van der Waals surface area contributed by atoms with Crippen LogP contribution in [0, 0.1) is 16.0 Å². The summed E-state index contributed by atoms with van der Waals surface area (Å²) < 4.78 is 5.26. The van der Waals surface area contributed by atoms with Crippen LogP contribution >= 0.6 is 0 Å². The molecule has 0 aliphatic rings. The van der Waals surface area contributed by atoms with Crippen molar-refractivity contribution in [3.05, 3.63) is 64.5 Å². The Hall–Kier alpha value is -3.49. The number of carbonyl (C=O) groups excluding carboxylic acids is 2. The number of nitro benzene ring substituents is 1. The van der Waals surface area contributed by atoms with Crippen LogP contribution < -0.4 is 10.1 Å². The Balaban J connectivity index is 2.00. The minimum absolute atomic E-state index is 0.107. The van der Waals surface area contributed by atoms with Gasteiger partial charge in [-0.25, -0.2) is 9.59 Å². The van der Waals surface area contributed by atoms with Gasteiger partial charge in [0.2, 0.25) is 0 Å². The van der Waals surface area contributed by atoms with E-state index < -0.39 is 23.0 Å². The van der Waals surface area contributed by atoms with Gasteiger partial charge in [0.15, 0.2) is 0 Å². The third-order valence-corrected chi connectivity index (χ3v) is 3.94. The molecule has 0 bridgehead atoms. The Bertz CT molecular complexity index is 824. The van der Waals surface area contributed by atoms with Crippen molar-refractivity contribution in [3.8, 4) is 5.75 Å². The van der Waals surface area contributed by atoms with E-state index in [0.29, 0.717) is 0 Å². The highest BCUT2D eigenvalue weighted by Gasteiger charge is 2.27. The van der Waals surface area contributed by atoms with Crippen molar-refractivity contribution in [2.75, 3.05) is 7.05 Å². The van der Waals surface area contributed by atoms with Crippen LogP contribution in [0.4, 0.5) is 10.5 Å². The molecule has 1 aromatic carbocycles. The summed E-state index contributed by atoms with van der Waals surface area (Å²) in [5.41, 5.74) is 0.611. The first-order chi connectivity index (χ1) is 13.3. The Morgan fingerprint density at radius 2 is 1.89 bits per heavy atom. The lowest BCUT2D eigenvalue weighted by Gasteiger charge is -2.24. The van der Waals surface area contributed by atoms with E-state index >= 15 is 0 Å². The van der Waals surface area contributed by atoms with E-state index in [1.54, 1.807) is 39.2 Å². The number of hydrogen-bond donors (Lipinski definition) is 1. The molecule has 2 rings (SSSR count). The number of esters is 1. The molecule has 1 heterocycles. The fourth-order valence-corrected chi connectivity index (χ4v) is 2.36. The third kappa shape index (κ3) is 5.76. The predicted octanol–water partition coefficient (Wildman–Crippen LogP) is 2.76. The van der Waals surface area contributed by atoms with Crippen molar-refractivity contribution in [2.45, 2.75) is 26.4 Å². The van der Waals surface area contributed by atoms with Gasteiger partial charge >= 0.3 is 12.0 Å². The first kappa shape index (κ1) is 20.8. The highest BCUT2D eigenvalue weighted by molar-refractivity contribution is 5.85. The number of pyridine rings is 1. The van der Waals surface area contributed by atoms with Crippen LogP contribution in [0.2, 0.25) is 0 Å². The van der Waals surface area contributed by atoms with Gasteiger partial charge in [0.25, 0.3) is 5.69 Å². The van der Waals surface area contributed by atoms with Crippen molar-refractivity contribution in [2.24, 2.45) is 5.92 Å². The summed E-state index contributed by atoms with van der Waals surface area (Å²) in [6.45, 7) is 3.84. The molecule has 1 atom stereocenters. The van der Waals surface area contributed by atoms with Gasteiger partial charge in [-0.3, -0.25) is 15.1 Å². The normalized spacial score (nSPS) is 11.6. The fraction of sp³-hybridized carbons (Fsp3) is 0.316. The minimum Gasteiger partial charge on any atom is -0.425 e. The van der Waals surface area contributed by atoms with Crippen LogP contribution in [0.1, 0.15) is 19.5 Å². The maximum absolute atomic E-state index is 12.5. The van der Waals surface area contributed by atoms with E-state index in [-0.39, 0.29) is 23.9 Å². The summed E-state index contributed by atoms with van der Waals surface area (Å²) in [5, 5.41) is 13.4. The second-order valence-corrected chi connectivity index (χ2v) is 6.52. The standard InChI is InChI=1S/C19H22N4O5/c1-13(2)17(18(24)28-16-9-7-15(8-10-16)23(26)27)21-19(25)22(3)12-14-6-4-5-11-20-14/h4-11,13,17H,12H2,1-3H3,(H,21,25). The first-order valence-electron chi connectivity index (χ1n) is 8.65. The van der Waals surface area contributed by atoms with Gasteiger partial charge in [0, 0.05) is 25.4 Å². The van der Waals surface area contributed by atoms with Gasteiger partial charge in [-0.05, 0) is 30.2 Å². The van der Waals surface area contributed by atoms with E-state index in [0.717, 1.165) is 5.69 Å². The molecule has 148 valence electrons. The van der Waals surface area contributed by atoms with Crippen LogP contribution in [0.3, 0.4) is 0 Å². The molecule has 1 aromatic heterocycles. The molecule has 2 aromatic rings. The van der Waals surface area contributed by atoms with Crippen LogP contribution in [-0.4, -0.2) is 39.9 Å². The summed E-state index contributed by atoms with van der Waals surface area (Å²) in [7, 11) is 1.60. The fourth-order valence-electron chi connectivity index (χ4n) is 2.36. The van der Waals surface area contributed by atoms with Crippen LogP contribution in [0.25, 0.3) is 0 Å². The molecule has 1 N–H and O–H groups in total. The highest BCUT2D eigenvalue weighted by Crippen LogP contribution is 2.18. The number of hydrogen-bond acceptors (Lipinski definition) is 6. The van der Waals surface area contributed by atoms with Crippen LogP contribution in [0.5, 0.6) is 5.75 Å². The Labute approximate surface area is 162 Å². The maximum Gasteiger partial charge on any atom is 0.334 e. The van der Waals surface area contributed by atoms with E-state index in [2.05, 4.69) is 10.3 Å². The van der Waals surface area contributed by atoms with Crippen molar-refractivity contribution in [1.29, 1.82) is 0 Å². The second kappa shape index (κ2) is 9.45. The topological polar surface area (TPSA) is 115 Å². The number of amides is 2. The number of benzene rings is 1. The average Bonchev–Trinajstić information content (AvgIpc) is 2.66. The lowest BCUT2D eigenvalue weighted by Crippen LogP contribution is -2.50. The van der Waals surface area contributed by atoms with E-state index in [4.69, 9.17) is 4.74 Å². The summed E-state index contributed by atoms with van der Waals surface area (Å²) in [5.74, 6) is -0.710. The lowest BCUT2D eigenvalue weighted by molar-refractivity contribution is -0.384. The van der Waals surface area contributed by atoms with E-state index in [1.165, 1.54) is 29.2 Å². The number of carbonyl (C=O) groups is 2. The smallest absolute Gasteiger partial charge is 0.334 e. The quantitative estimate of drug-likeness (QED) is 0.339. The van der Waals surface area contributed by atoms with Gasteiger partial charge in [-0.1, -0.05) is 19.9 Å². The predicted molar refractivity (Wildman–Crippen MR) is 102 cm³/mol. The molecule has 28 heavy (non-hydrogen) atoms. The molecule has 0 spiro atoms. The van der Waals surface area contributed by atoms with E-state index in [1.807, 2.05) is 6.07 Å². The molecule has 1 unspecified atom stereocenters. The summed E-state index contributed by atoms with van der Waals surface area (Å²) in [6, 6.07) is 9.24. The molecule has 0 saturated heterocycles. The Morgan fingerprint density at radius 3 is 2.43 bits per heavy atom. The van der Waals surface area contributed by atoms with Gasteiger partial charge in [-0.2, -0.15) is 0 Å². The van der Waals surface area contributed by atoms with Gasteiger partial charge < -0.3 is 15.0 Å². The summed E-state index contributed by atoms with van der Waals surface area (Å²) in [4.78, 5) is 40.7. The van der Waals surface area contributed by atoms with E-state index in [9.17, 15) is 19.7 Å². The molecule has 0 fully saturated rings. The summed E-state index contributed by atoms with van der Waals surface area (Å²) >= 11 is 0. The summed E-state index contributed by atoms with van der Waals surface area (Å²) in [6.07, 6.45) is 1.64. The molecule has 9 nitrogen and oxygen atoms in total. The maximum atomic E-state index is 12.5. The molecule has 2 amide bonds. The SMILES string of the molecule is CC(C)C(NC(=O)N(C)Cc1ccccn1)C(=O)Oc1ccc([N+](=O)[O-])cc1. The number of nitrogens with one attached hydrogen (secondary N) is 1. The molecule has 0 saturated carbocycles. The minimum atomic E-state index is -0.881. The number of urea groups is 1. The van der Waals surface area contributed by atoms with Crippen molar-refractivity contribution in [3.63, 3.8) is 0 Å². The number of ether oxygens (including phenoxy) is 1. The molecule has 0 radical (unpaired) electrons. The zero-order valence-corrected chi connectivity index (χ0v) is 15.9.